The summed E-state index contributed by atoms with van der Waals surface area (Å²) in [6.07, 6.45) is 5.96. The maximum atomic E-state index is 11.0. The third-order valence-electron chi connectivity index (χ3n) is 2.58. The molecule has 0 unspecified atom stereocenters. The van der Waals surface area contributed by atoms with Crippen molar-refractivity contribution < 1.29 is 9.53 Å². The zero-order valence-corrected chi connectivity index (χ0v) is 10.7. The summed E-state index contributed by atoms with van der Waals surface area (Å²) in [4.78, 5) is 11.0. The zero-order chi connectivity index (χ0) is 11.6. The van der Waals surface area contributed by atoms with E-state index in [4.69, 9.17) is 4.74 Å². The molecular formula is C12H21NO2S. The van der Waals surface area contributed by atoms with Crippen LogP contribution in [0.4, 0.5) is 0 Å². The average Bonchev–Trinajstić information content (AvgIpc) is 2.30. The number of esters is 1. The lowest BCUT2D eigenvalue weighted by molar-refractivity contribution is -0.137. The van der Waals surface area contributed by atoms with Gasteiger partial charge in [0.05, 0.1) is 6.61 Å². The van der Waals surface area contributed by atoms with Crippen molar-refractivity contribution in [3.05, 3.63) is 12.2 Å². The van der Waals surface area contributed by atoms with Gasteiger partial charge < -0.3 is 10.1 Å². The fraction of sp³-hybridized carbons (Fsp3) is 0.750. The number of thioether (sulfide) groups is 1. The van der Waals surface area contributed by atoms with Crippen LogP contribution in [0.15, 0.2) is 12.2 Å². The van der Waals surface area contributed by atoms with E-state index in [9.17, 15) is 4.79 Å². The molecule has 0 amide bonds. The van der Waals surface area contributed by atoms with E-state index in [1.165, 1.54) is 30.4 Å². The molecule has 0 atom stereocenters. The molecule has 0 aromatic heterocycles. The van der Waals surface area contributed by atoms with Gasteiger partial charge >= 0.3 is 5.97 Å². The predicted molar refractivity (Wildman–Crippen MR) is 68.7 cm³/mol. The summed E-state index contributed by atoms with van der Waals surface area (Å²) in [5.41, 5.74) is 0. The van der Waals surface area contributed by atoms with Crippen LogP contribution in [0.25, 0.3) is 0 Å². The first-order valence-corrected chi connectivity index (χ1v) is 7.10. The normalized spacial score (nSPS) is 17.8. The second-order valence-electron chi connectivity index (χ2n) is 3.87. The number of ether oxygens (including phenoxy) is 1. The Hall–Kier alpha value is -0.480. The molecule has 1 saturated heterocycles. The average molecular weight is 243 g/mol. The highest BCUT2D eigenvalue weighted by molar-refractivity contribution is 7.99. The van der Waals surface area contributed by atoms with E-state index in [-0.39, 0.29) is 5.97 Å². The van der Waals surface area contributed by atoms with Crippen LogP contribution in [-0.4, -0.2) is 37.2 Å². The van der Waals surface area contributed by atoms with Crippen LogP contribution in [0.2, 0.25) is 0 Å². The number of hydrogen-bond acceptors (Lipinski definition) is 4. The molecule has 1 aliphatic rings. The first kappa shape index (κ1) is 13.6. The molecule has 4 heteroatoms. The first-order chi connectivity index (χ1) is 7.83. The summed E-state index contributed by atoms with van der Waals surface area (Å²) in [7, 11) is 0. The molecule has 0 bridgehead atoms. The molecule has 1 heterocycles. The molecule has 0 spiro atoms. The Morgan fingerprint density at radius 3 is 2.94 bits per heavy atom. The van der Waals surface area contributed by atoms with E-state index in [0.717, 1.165) is 19.0 Å². The Labute approximate surface area is 102 Å². The van der Waals surface area contributed by atoms with Gasteiger partial charge in [-0.2, -0.15) is 11.8 Å². The van der Waals surface area contributed by atoms with E-state index >= 15 is 0 Å². The largest absolute Gasteiger partial charge is 0.463 e. The Balaban J connectivity index is 2.00. The topological polar surface area (TPSA) is 38.3 Å². The van der Waals surface area contributed by atoms with Gasteiger partial charge in [-0.1, -0.05) is 6.08 Å². The highest BCUT2D eigenvalue weighted by atomic mass is 32.2. The van der Waals surface area contributed by atoms with Crippen molar-refractivity contribution >= 4 is 17.7 Å². The third kappa shape index (κ3) is 6.18. The Kier molecular flexibility index (Phi) is 7.34. The number of rotatable bonds is 6. The third-order valence-corrected chi connectivity index (χ3v) is 3.63. The molecule has 0 radical (unpaired) electrons. The fourth-order valence-corrected chi connectivity index (χ4v) is 2.87. The summed E-state index contributed by atoms with van der Waals surface area (Å²) in [6, 6.07) is 0. The van der Waals surface area contributed by atoms with Crippen LogP contribution in [-0.2, 0) is 9.53 Å². The minimum Gasteiger partial charge on any atom is -0.463 e. The highest BCUT2D eigenvalue weighted by Crippen LogP contribution is 2.21. The van der Waals surface area contributed by atoms with Crippen molar-refractivity contribution in [3.8, 4) is 0 Å². The first-order valence-electron chi connectivity index (χ1n) is 5.94. The maximum Gasteiger partial charge on any atom is 0.330 e. The lowest BCUT2D eigenvalue weighted by Crippen LogP contribution is -2.25. The lowest BCUT2D eigenvalue weighted by Gasteiger charge is -2.21. The van der Waals surface area contributed by atoms with E-state index in [1.807, 2.05) is 24.8 Å². The zero-order valence-electron chi connectivity index (χ0n) is 9.91. The van der Waals surface area contributed by atoms with Gasteiger partial charge in [-0.05, 0) is 43.7 Å². The van der Waals surface area contributed by atoms with Gasteiger partial charge in [-0.3, -0.25) is 0 Å². The molecule has 92 valence electrons. The molecule has 1 N–H and O–H groups in total. The maximum absolute atomic E-state index is 11.0. The van der Waals surface area contributed by atoms with Crippen LogP contribution in [0, 0.1) is 5.92 Å². The fourth-order valence-electron chi connectivity index (χ4n) is 1.67. The smallest absolute Gasteiger partial charge is 0.330 e. The Morgan fingerprint density at radius 2 is 2.25 bits per heavy atom. The Bertz CT molecular complexity index is 225. The van der Waals surface area contributed by atoms with E-state index in [1.54, 1.807) is 0 Å². The van der Waals surface area contributed by atoms with Crippen molar-refractivity contribution in [3.63, 3.8) is 0 Å². The predicted octanol–water partition coefficient (Wildman–Crippen LogP) is 1.84. The molecule has 1 aliphatic heterocycles. The van der Waals surface area contributed by atoms with Gasteiger partial charge in [0.25, 0.3) is 0 Å². The van der Waals surface area contributed by atoms with Gasteiger partial charge in [-0.15, -0.1) is 0 Å². The highest BCUT2D eigenvalue weighted by Gasteiger charge is 2.12. The van der Waals surface area contributed by atoms with Crippen molar-refractivity contribution in [2.45, 2.75) is 19.8 Å². The Morgan fingerprint density at radius 1 is 1.50 bits per heavy atom. The van der Waals surface area contributed by atoms with Crippen LogP contribution in [0.3, 0.4) is 0 Å². The van der Waals surface area contributed by atoms with Crippen LogP contribution in [0.1, 0.15) is 19.8 Å². The lowest BCUT2D eigenvalue weighted by atomic mass is 10.0. The van der Waals surface area contributed by atoms with Crippen LogP contribution >= 0.6 is 11.8 Å². The molecule has 0 aliphatic carbocycles. The van der Waals surface area contributed by atoms with Crippen molar-refractivity contribution in [1.29, 1.82) is 0 Å². The monoisotopic (exact) mass is 243 g/mol. The van der Waals surface area contributed by atoms with Crippen molar-refractivity contribution in [1.82, 2.24) is 5.32 Å². The van der Waals surface area contributed by atoms with E-state index in [0.29, 0.717) is 6.61 Å². The SMILES string of the molecule is CCOC(=O)/C=C/CNCC1CCSCC1. The second kappa shape index (κ2) is 8.65. The minimum atomic E-state index is -0.252. The van der Waals surface area contributed by atoms with Gasteiger partial charge in [0.2, 0.25) is 0 Å². The quantitative estimate of drug-likeness (QED) is 0.439. The summed E-state index contributed by atoms with van der Waals surface area (Å²) in [5, 5.41) is 3.35. The van der Waals surface area contributed by atoms with Crippen molar-refractivity contribution in [2.75, 3.05) is 31.2 Å². The van der Waals surface area contributed by atoms with Gasteiger partial charge in [0.1, 0.15) is 0 Å². The standard InChI is InChI=1S/C12H21NO2S/c1-2-15-12(14)4-3-7-13-10-11-5-8-16-9-6-11/h3-4,11,13H,2,5-10H2,1H3/b4-3+. The summed E-state index contributed by atoms with van der Waals surface area (Å²) in [6.45, 7) is 4.07. The molecular weight excluding hydrogens is 222 g/mol. The van der Waals surface area contributed by atoms with Gasteiger partial charge in [0.15, 0.2) is 0 Å². The molecule has 1 fully saturated rings. The number of nitrogens with one attached hydrogen (secondary N) is 1. The summed E-state index contributed by atoms with van der Waals surface area (Å²) >= 11 is 2.05. The molecule has 0 aromatic rings. The van der Waals surface area contributed by atoms with Crippen LogP contribution < -0.4 is 5.32 Å². The van der Waals surface area contributed by atoms with E-state index < -0.39 is 0 Å². The molecule has 16 heavy (non-hydrogen) atoms. The number of carbonyl (C=O) groups excluding carboxylic acids is 1. The summed E-state index contributed by atoms with van der Waals surface area (Å²) in [5.74, 6) is 3.16. The molecule has 0 saturated carbocycles. The van der Waals surface area contributed by atoms with E-state index in [2.05, 4.69) is 5.32 Å². The molecule has 3 nitrogen and oxygen atoms in total. The van der Waals surface area contributed by atoms with Crippen LogP contribution in [0.5, 0.6) is 0 Å². The van der Waals surface area contributed by atoms with Gasteiger partial charge in [-0.25, -0.2) is 4.79 Å². The summed E-state index contributed by atoms with van der Waals surface area (Å²) < 4.78 is 4.78. The van der Waals surface area contributed by atoms with Crippen molar-refractivity contribution in [2.24, 2.45) is 5.92 Å². The second-order valence-corrected chi connectivity index (χ2v) is 5.09. The molecule has 0 aromatic carbocycles. The minimum absolute atomic E-state index is 0.252. The van der Waals surface area contributed by atoms with Gasteiger partial charge in [0, 0.05) is 12.6 Å². The molecule has 1 rings (SSSR count). The number of hydrogen-bond donors (Lipinski definition) is 1. The number of carbonyl (C=O) groups is 1.